The maximum atomic E-state index is 13.1. The van der Waals surface area contributed by atoms with Gasteiger partial charge in [0.2, 0.25) is 10.0 Å². The molecule has 1 aromatic heterocycles. The van der Waals surface area contributed by atoms with Crippen molar-refractivity contribution in [2.24, 2.45) is 7.05 Å². The molecule has 174 valence electrons. The molecule has 8 heteroatoms. The molecule has 2 heterocycles. The third kappa shape index (κ3) is 4.96. The molecule has 0 atom stereocenters. The molecule has 4 rings (SSSR count). The van der Waals surface area contributed by atoms with Crippen molar-refractivity contribution in [2.75, 3.05) is 20.2 Å². The number of aryl methyl sites for hydroxylation is 1. The second-order valence-electron chi connectivity index (χ2n) is 8.20. The molecule has 33 heavy (non-hydrogen) atoms. The van der Waals surface area contributed by atoms with Gasteiger partial charge in [0.1, 0.15) is 17.6 Å². The van der Waals surface area contributed by atoms with Gasteiger partial charge in [-0.05, 0) is 61.2 Å². The Hall–Kier alpha value is -3.10. The summed E-state index contributed by atoms with van der Waals surface area (Å²) in [4.78, 5) is 12.3. The summed E-state index contributed by atoms with van der Waals surface area (Å²) >= 11 is 0. The summed E-state index contributed by atoms with van der Waals surface area (Å²) in [7, 11) is -0.246. The van der Waals surface area contributed by atoms with E-state index in [9.17, 15) is 13.2 Å². The number of pyridine rings is 1. The summed E-state index contributed by atoms with van der Waals surface area (Å²) in [6, 6.07) is 17.9. The predicted molar refractivity (Wildman–Crippen MR) is 127 cm³/mol. The number of benzene rings is 2. The molecule has 7 nitrogen and oxygen atoms in total. The van der Waals surface area contributed by atoms with Crippen LogP contribution in [0.4, 0.5) is 0 Å². The largest absolute Gasteiger partial charge is 0.497 e. The fraction of sp³-hybridized carbons (Fsp3) is 0.320. The highest BCUT2D eigenvalue weighted by molar-refractivity contribution is 7.89. The number of hydrogen-bond donors (Lipinski definition) is 0. The highest BCUT2D eigenvalue weighted by Gasteiger charge is 2.30. The molecule has 3 aromatic rings. The van der Waals surface area contributed by atoms with Crippen LogP contribution in [0.5, 0.6) is 11.5 Å². The van der Waals surface area contributed by atoms with E-state index in [1.165, 1.54) is 10.4 Å². The molecule has 1 saturated heterocycles. The van der Waals surface area contributed by atoms with Crippen LogP contribution < -0.4 is 15.0 Å². The van der Waals surface area contributed by atoms with Crippen LogP contribution in [0.3, 0.4) is 0 Å². The first-order chi connectivity index (χ1) is 15.8. The number of aromatic nitrogens is 1. The van der Waals surface area contributed by atoms with Crippen LogP contribution in [-0.2, 0) is 17.1 Å². The molecular formula is C25H28N2O5S. The van der Waals surface area contributed by atoms with E-state index in [1.54, 1.807) is 30.9 Å². The Kier molecular flexibility index (Phi) is 6.58. The average Bonchev–Trinajstić information content (AvgIpc) is 2.83. The summed E-state index contributed by atoms with van der Waals surface area (Å²) in [6.45, 7) is 2.59. The minimum Gasteiger partial charge on any atom is -0.497 e. The van der Waals surface area contributed by atoms with Gasteiger partial charge in [0.15, 0.2) is 0 Å². The van der Waals surface area contributed by atoms with Gasteiger partial charge in [-0.2, -0.15) is 4.31 Å². The van der Waals surface area contributed by atoms with Crippen molar-refractivity contribution >= 4 is 10.0 Å². The molecule has 0 saturated carbocycles. The van der Waals surface area contributed by atoms with Crippen molar-refractivity contribution in [3.05, 3.63) is 76.7 Å². The topological polar surface area (TPSA) is 77.8 Å². The second-order valence-corrected chi connectivity index (χ2v) is 10.1. The molecule has 0 N–H and O–H groups in total. The number of nitrogens with zero attached hydrogens (tertiary/aromatic N) is 2. The van der Waals surface area contributed by atoms with Gasteiger partial charge >= 0.3 is 0 Å². The molecule has 0 amide bonds. The molecule has 0 spiro atoms. The van der Waals surface area contributed by atoms with E-state index in [0.29, 0.717) is 31.7 Å². The van der Waals surface area contributed by atoms with Crippen LogP contribution in [0.1, 0.15) is 18.5 Å². The van der Waals surface area contributed by atoms with E-state index in [4.69, 9.17) is 9.47 Å². The standard InChI is InChI=1S/C25H28N2O5S/c1-18-16-23(17-25(28)26(18)2)32-22-12-14-27(15-13-22)33(29,30)24-10-6-20(7-11-24)19-4-8-21(31-3)9-5-19/h4-11,16-17,22H,12-15H2,1-3H3. The Morgan fingerprint density at radius 1 is 0.879 bits per heavy atom. The zero-order chi connectivity index (χ0) is 23.6. The lowest BCUT2D eigenvalue weighted by atomic mass is 10.1. The first-order valence-electron chi connectivity index (χ1n) is 10.9. The minimum atomic E-state index is -3.58. The van der Waals surface area contributed by atoms with Crippen molar-refractivity contribution in [3.8, 4) is 22.6 Å². The van der Waals surface area contributed by atoms with Gasteiger partial charge in [0, 0.05) is 31.9 Å². The van der Waals surface area contributed by atoms with Gasteiger partial charge in [0.25, 0.3) is 5.56 Å². The monoisotopic (exact) mass is 468 g/mol. The van der Waals surface area contributed by atoms with Crippen molar-refractivity contribution in [2.45, 2.75) is 30.8 Å². The minimum absolute atomic E-state index is 0.122. The Labute approximate surface area is 194 Å². The van der Waals surface area contributed by atoms with Gasteiger partial charge in [-0.15, -0.1) is 0 Å². The first-order valence-corrected chi connectivity index (χ1v) is 12.3. The zero-order valence-electron chi connectivity index (χ0n) is 19.0. The number of methoxy groups -OCH3 is 1. The third-order valence-corrected chi connectivity index (χ3v) is 8.01. The molecule has 2 aromatic carbocycles. The van der Waals surface area contributed by atoms with Crippen molar-refractivity contribution < 1.29 is 17.9 Å². The highest BCUT2D eigenvalue weighted by atomic mass is 32.2. The summed E-state index contributed by atoms with van der Waals surface area (Å²) in [5, 5.41) is 0. The summed E-state index contributed by atoms with van der Waals surface area (Å²) < 4.78 is 40.5. The van der Waals surface area contributed by atoms with Crippen LogP contribution in [0, 0.1) is 6.92 Å². The van der Waals surface area contributed by atoms with Gasteiger partial charge < -0.3 is 14.0 Å². The lowest BCUT2D eigenvalue weighted by molar-refractivity contribution is 0.134. The summed E-state index contributed by atoms with van der Waals surface area (Å²) in [5.41, 5.74) is 2.62. The van der Waals surface area contributed by atoms with Crippen molar-refractivity contribution in [3.63, 3.8) is 0 Å². The zero-order valence-corrected chi connectivity index (χ0v) is 19.8. The molecular weight excluding hydrogens is 440 g/mol. The van der Waals surface area contributed by atoms with Crippen LogP contribution in [-0.4, -0.2) is 43.6 Å². The Morgan fingerprint density at radius 2 is 1.45 bits per heavy atom. The Bertz CT molecular complexity index is 1270. The van der Waals surface area contributed by atoms with Crippen molar-refractivity contribution in [1.82, 2.24) is 8.87 Å². The van der Waals surface area contributed by atoms with Crippen LogP contribution in [0.2, 0.25) is 0 Å². The van der Waals surface area contributed by atoms with Crippen LogP contribution in [0.25, 0.3) is 11.1 Å². The number of piperidine rings is 1. The van der Waals surface area contributed by atoms with Crippen LogP contribution in [0.15, 0.2) is 70.4 Å². The summed E-state index contributed by atoms with van der Waals surface area (Å²) in [6.07, 6.45) is 1.01. The highest BCUT2D eigenvalue weighted by Crippen LogP contribution is 2.27. The van der Waals surface area contributed by atoms with Gasteiger partial charge in [0.05, 0.1) is 12.0 Å². The number of ether oxygens (including phenoxy) is 2. The lowest BCUT2D eigenvalue weighted by Gasteiger charge is -2.31. The maximum absolute atomic E-state index is 13.1. The van der Waals surface area contributed by atoms with Gasteiger partial charge in [-0.3, -0.25) is 4.79 Å². The normalized spacial score (nSPS) is 15.4. The molecule has 1 aliphatic rings. The maximum Gasteiger partial charge on any atom is 0.254 e. The molecule has 0 unspecified atom stereocenters. The quantitative estimate of drug-likeness (QED) is 0.552. The summed E-state index contributed by atoms with van der Waals surface area (Å²) in [5.74, 6) is 1.31. The van der Waals surface area contributed by atoms with E-state index in [0.717, 1.165) is 22.6 Å². The van der Waals surface area contributed by atoms with E-state index in [-0.39, 0.29) is 16.6 Å². The molecule has 0 bridgehead atoms. The SMILES string of the molecule is COc1ccc(-c2ccc(S(=O)(=O)N3CCC(Oc4cc(C)n(C)c(=O)c4)CC3)cc2)cc1. The van der Waals surface area contributed by atoms with E-state index in [2.05, 4.69) is 0 Å². The molecule has 1 aliphatic heterocycles. The second kappa shape index (κ2) is 9.41. The number of hydrogen-bond acceptors (Lipinski definition) is 5. The Balaban J connectivity index is 1.40. The molecule has 0 aliphatic carbocycles. The van der Waals surface area contributed by atoms with E-state index < -0.39 is 10.0 Å². The average molecular weight is 469 g/mol. The van der Waals surface area contributed by atoms with Crippen LogP contribution >= 0.6 is 0 Å². The molecule has 0 radical (unpaired) electrons. The first kappa shape index (κ1) is 23.1. The third-order valence-electron chi connectivity index (χ3n) is 6.10. The van der Waals surface area contributed by atoms with E-state index in [1.807, 2.05) is 49.4 Å². The smallest absolute Gasteiger partial charge is 0.254 e. The Morgan fingerprint density at radius 3 is 2.00 bits per heavy atom. The molecule has 1 fully saturated rings. The van der Waals surface area contributed by atoms with Gasteiger partial charge in [-0.25, -0.2) is 8.42 Å². The fourth-order valence-corrected chi connectivity index (χ4v) is 5.41. The lowest BCUT2D eigenvalue weighted by Crippen LogP contribution is -2.41. The fourth-order valence-electron chi connectivity index (χ4n) is 3.94. The van der Waals surface area contributed by atoms with Crippen molar-refractivity contribution in [1.29, 1.82) is 0 Å². The predicted octanol–water partition coefficient (Wildman–Crippen LogP) is 3.60. The number of rotatable bonds is 6. The van der Waals surface area contributed by atoms with Gasteiger partial charge in [-0.1, -0.05) is 24.3 Å². The number of sulfonamides is 1. The van der Waals surface area contributed by atoms with E-state index >= 15 is 0 Å².